The Balaban J connectivity index is 2.14. The summed E-state index contributed by atoms with van der Waals surface area (Å²) in [6, 6.07) is 12.4. The van der Waals surface area contributed by atoms with Gasteiger partial charge in [0.1, 0.15) is 23.9 Å². The molecule has 0 saturated carbocycles. The lowest BCUT2D eigenvalue weighted by atomic mass is 10.1. The molecule has 9 heteroatoms. The fourth-order valence-electron chi connectivity index (χ4n) is 2.87. The van der Waals surface area contributed by atoms with Crippen molar-refractivity contribution < 1.29 is 28.2 Å². The van der Waals surface area contributed by atoms with Crippen LogP contribution < -0.4 is 14.8 Å². The normalized spacial score (nSPS) is 10.4. The number of benzene rings is 2. The maximum atomic E-state index is 13.4. The molecule has 3 aromatic rings. The van der Waals surface area contributed by atoms with Crippen LogP contribution in [0.25, 0.3) is 16.9 Å². The van der Waals surface area contributed by atoms with Gasteiger partial charge in [-0.1, -0.05) is 6.07 Å². The van der Waals surface area contributed by atoms with Gasteiger partial charge in [0.15, 0.2) is 5.69 Å². The number of rotatable bonds is 7. The molecule has 0 fully saturated rings. The summed E-state index contributed by atoms with van der Waals surface area (Å²) < 4.78 is 30.4. The average Bonchev–Trinajstić information content (AvgIpc) is 3.22. The zero-order valence-corrected chi connectivity index (χ0v) is 16.6. The van der Waals surface area contributed by atoms with Crippen LogP contribution in [0.2, 0.25) is 0 Å². The van der Waals surface area contributed by atoms with E-state index in [1.165, 1.54) is 56.3 Å². The van der Waals surface area contributed by atoms with Gasteiger partial charge in [0.25, 0.3) is 5.91 Å². The van der Waals surface area contributed by atoms with E-state index >= 15 is 0 Å². The van der Waals surface area contributed by atoms with Crippen LogP contribution in [0.5, 0.6) is 11.5 Å². The monoisotopic (exact) mass is 413 g/mol. The van der Waals surface area contributed by atoms with E-state index in [9.17, 15) is 14.0 Å². The third-order valence-electron chi connectivity index (χ3n) is 4.32. The van der Waals surface area contributed by atoms with Crippen LogP contribution in [-0.4, -0.2) is 49.5 Å². The van der Waals surface area contributed by atoms with Crippen molar-refractivity contribution in [1.29, 1.82) is 0 Å². The molecule has 0 radical (unpaired) electrons. The zero-order chi connectivity index (χ0) is 21.7. The molecule has 0 aliphatic carbocycles. The second kappa shape index (κ2) is 9.08. The number of nitrogens with one attached hydrogen (secondary N) is 1. The Labute approximate surface area is 172 Å². The van der Waals surface area contributed by atoms with Crippen LogP contribution in [0.4, 0.5) is 4.39 Å². The molecule has 0 aliphatic rings. The van der Waals surface area contributed by atoms with Gasteiger partial charge >= 0.3 is 5.97 Å². The van der Waals surface area contributed by atoms with Crippen molar-refractivity contribution >= 4 is 11.9 Å². The number of methoxy groups -OCH3 is 3. The molecule has 0 spiro atoms. The average molecular weight is 413 g/mol. The molecular formula is C21H20FN3O5. The summed E-state index contributed by atoms with van der Waals surface area (Å²) in [5.74, 6) is -0.569. The predicted octanol–water partition coefficient (Wildman–Crippen LogP) is 2.60. The van der Waals surface area contributed by atoms with Crippen molar-refractivity contribution in [2.75, 3.05) is 27.9 Å². The minimum absolute atomic E-state index is 0.0474. The minimum Gasteiger partial charge on any atom is -0.496 e. The Morgan fingerprint density at radius 3 is 2.23 bits per heavy atom. The summed E-state index contributed by atoms with van der Waals surface area (Å²) in [6.07, 6.45) is 0. The lowest BCUT2D eigenvalue weighted by Crippen LogP contribution is -2.30. The summed E-state index contributed by atoms with van der Waals surface area (Å²) in [6.45, 7) is -0.300. The van der Waals surface area contributed by atoms with Gasteiger partial charge in [0, 0.05) is 0 Å². The molecule has 0 atom stereocenters. The fraction of sp³-hybridized carbons (Fsp3) is 0.190. The number of amides is 1. The molecule has 0 bridgehead atoms. The van der Waals surface area contributed by atoms with Gasteiger partial charge in [0.2, 0.25) is 0 Å². The van der Waals surface area contributed by atoms with Crippen LogP contribution in [0.3, 0.4) is 0 Å². The van der Waals surface area contributed by atoms with Gasteiger partial charge < -0.3 is 19.5 Å². The number of hydrogen-bond acceptors (Lipinski definition) is 6. The summed E-state index contributed by atoms with van der Waals surface area (Å²) in [5, 5.41) is 6.81. The number of halogens is 1. The van der Waals surface area contributed by atoms with E-state index < -0.39 is 17.7 Å². The van der Waals surface area contributed by atoms with Crippen LogP contribution in [-0.2, 0) is 9.53 Å². The van der Waals surface area contributed by atoms with Crippen LogP contribution in [0.1, 0.15) is 10.5 Å². The number of ether oxygens (including phenoxy) is 3. The standard InChI is InChI=1S/C21H20FN3O5/c1-28-17-5-4-6-18(29-2)20(17)16-11-15(21(27)23-12-19(26)30-3)24-25(16)14-9-7-13(22)8-10-14/h4-11H,12H2,1-3H3,(H,23,27). The molecule has 8 nitrogen and oxygen atoms in total. The van der Waals surface area contributed by atoms with Crippen molar-refractivity contribution in [2.24, 2.45) is 0 Å². The Morgan fingerprint density at radius 1 is 1.03 bits per heavy atom. The third-order valence-corrected chi connectivity index (χ3v) is 4.32. The van der Waals surface area contributed by atoms with Crippen LogP contribution in [0.15, 0.2) is 48.5 Å². The molecule has 1 amide bonds. The number of nitrogens with zero attached hydrogens (tertiary/aromatic N) is 2. The molecule has 0 aliphatic heterocycles. The summed E-state index contributed by atoms with van der Waals surface area (Å²) in [4.78, 5) is 23.9. The topological polar surface area (TPSA) is 91.7 Å². The highest BCUT2D eigenvalue weighted by molar-refractivity contribution is 5.95. The third kappa shape index (κ3) is 4.24. The van der Waals surface area contributed by atoms with Gasteiger partial charge in [-0.05, 0) is 42.5 Å². The number of carbonyl (C=O) groups is 2. The quantitative estimate of drug-likeness (QED) is 0.599. The van der Waals surface area contributed by atoms with Crippen molar-refractivity contribution in [3.05, 3.63) is 60.0 Å². The molecule has 1 heterocycles. The second-order valence-corrected chi connectivity index (χ2v) is 6.10. The van der Waals surface area contributed by atoms with Crippen molar-refractivity contribution in [2.45, 2.75) is 0 Å². The molecule has 1 aromatic heterocycles. The van der Waals surface area contributed by atoms with E-state index in [0.717, 1.165) is 0 Å². The molecule has 0 saturated heterocycles. The maximum Gasteiger partial charge on any atom is 0.325 e. The Bertz CT molecular complexity index is 1040. The molecule has 3 rings (SSSR count). The van der Waals surface area contributed by atoms with E-state index in [1.54, 1.807) is 18.2 Å². The van der Waals surface area contributed by atoms with E-state index in [4.69, 9.17) is 9.47 Å². The molecular weight excluding hydrogens is 393 g/mol. The maximum absolute atomic E-state index is 13.4. The van der Waals surface area contributed by atoms with E-state index in [-0.39, 0.29) is 12.2 Å². The van der Waals surface area contributed by atoms with Crippen molar-refractivity contribution in [3.8, 4) is 28.4 Å². The number of carbonyl (C=O) groups excluding carboxylic acids is 2. The number of aromatic nitrogens is 2. The van der Waals surface area contributed by atoms with Crippen molar-refractivity contribution in [1.82, 2.24) is 15.1 Å². The highest BCUT2D eigenvalue weighted by Gasteiger charge is 2.22. The molecule has 1 N–H and O–H groups in total. The largest absolute Gasteiger partial charge is 0.496 e. The van der Waals surface area contributed by atoms with Gasteiger partial charge in [-0.25, -0.2) is 9.07 Å². The highest BCUT2D eigenvalue weighted by Crippen LogP contribution is 2.39. The SMILES string of the molecule is COC(=O)CNC(=O)c1cc(-c2c(OC)cccc2OC)n(-c2ccc(F)cc2)n1. The molecule has 156 valence electrons. The Hall–Kier alpha value is -3.88. The van der Waals surface area contributed by atoms with Gasteiger partial charge in [-0.3, -0.25) is 9.59 Å². The Morgan fingerprint density at radius 2 is 1.67 bits per heavy atom. The smallest absolute Gasteiger partial charge is 0.325 e. The Kier molecular flexibility index (Phi) is 6.31. The first-order valence-corrected chi connectivity index (χ1v) is 8.91. The molecule has 2 aromatic carbocycles. The van der Waals surface area contributed by atoms with Gasteiger partial charge in [-0.2, -0.15) is 5.10 Å². The lowest BCUT2D eigenvalue weighted by Gasteiger charge is -2.14. The minimum atomic E-state index is -0.590. The van der Waals surface area contributed by atoms with Gasteiger partial charge in [-0.15, -0.1) is 0 Å². The second-order valence-electron chi connectivity index (χ2n) is 6.10. The highest BCUT2D eigenvalue weighted by atomic mass is 19.1. The molecule has 0 unspecified atom stereocenters. The summed E-state index contributed by atoms with van der Waals surface area (Å²) in [7, 11) is 4.26. The number of hydrogen-bond donors (Lipinski definition) is 1. The fourth-order valence-corrected chi connectivity index (χ4v) is 2.87. The first-order valence-electron chi connectivity index (χ1n) is 8.91. The van der Waals surface area contributed by atoms with E-state index in [0.29, 0.717) is 28.4 Å². The van der Waals surface area contributed by atoms with Crippen LogP contribution >= 0.6 is 0 Å². The predicted molar refractivity (Wildman–Crippen MR) is 106 cm³/mol. The number of esters is 1. The zero-order valence-electron chi connectivity index (χ0n) is 16.6. The summed E-state index contributed by atoms with van der Waals surface area (Å²) in [5.41, 5.74) is 1.61. The van der Waals surface area contributed by atoms with Crippen LogP contribution in [0, 0.1) is 5.82 Å². The van der Waals surface area contributed by atoms with E-state index in [1.807, 2.05) is 0 Å². The lowest BCUT2D eigenvalue weighted by molar-refractivity contribution is -0.139. The first-order chi connectivity index (χ1) is 14.5. The first kappa shape index (κ1) is 20.8. The van der Waals surface area contributed by atoms with Crippen molar-refractivity contribution in [3.63, 3.8) is 0 Å². The van der Waals surface area contributed by atoms with E-state index in [2.05, 4.69) is 15.2 Å². The van der Waals surface area contributed by atoms with Gasteiger partial charge in [0.05, 0.1) is 38.3 Å². The molecule has 30 heavy (non-hydrogen) atoms. The summed E-state index contributed by atoms with van der Waals surface area (Å²) >= 11 is 0.